The molecular formula is C23H27N3O2. The number of benzene rings is 2. The van der Waals surface area contributed by atoms with Crippen LogP contribution in [0.2, 0.25) is 0 Å². The van der Waals surface area contributed by atoms with Crippen LogP contribution in [0.25, 0.3) is 22.2 Å². The lowest BCUT2D eigenvalue weighted by atomic mass is 10.00. The summed E-state index contributed by atoms with van der Waals surface area (Å²) in [5.41, 5.74) is 2.49. The van der Waals surface area contributed by atoms with Gasteiger partial charge in [-0.3, -0.25) is 4.90 Å². The molecule has 0 amide bonds. The third-order valence-electron chi connectivity index (χ3n) is 6.36. The van der Waals surface area contributed by atoms with E-state index >= 15 is 0 Å². The van der Waals surface area contributed by atoms with Crippen LogP contribution >= 0.6 is 0 Å². The number of aryl methyl sites for hydroxylation is 1. The number of ether oxygens (including phenoxy) is 1. The van der Waals surface area contributed by atoms with Crippen molar-refractivity contribution in [3.63, 3.8) is 0 Å². The van der Waals surface area contributed by atoms with E-state index < -0.39 is 0 Å². The van der Waals surface area contributed by atoms with Gasteiger partial charge in [0.1, 0.15) is 5.82 Å². The molecule has 0 unspecified atom stereocenters. The average Bonchev–Trinajstić information content (AvgIpc) is 3.34. The van der Waals surface area contributed by atoms with Gasteiger partial charge >= 0.3 is 0 Å². The Morgan fingerprint density at radius 2 is 1.96 bits per heavy atom. The van der Waals surface area contributed by atoms with Gasteiger partial charge in [-0.25, -0.2) is 4.98 Å². The Morgan fingerprint density at radius 1 is 1.11 bits per heavy atom. The molecule has 3 atom stereocenters. The van der Waals surface area contributed by atoms with Gasteiger partial charge in [0.15, 0.2) is 0 Å². The number of fused-ring (bicyclic) bond motifs is 2. The van der Waals surface area contributed by atoms with E-state index in [1.54, 1.807) is 0 Å². The maximum Gasteiger partial charge on any atom is 0.140 e. The van der Waals surface area contributed by atoms with Gasteiger partial charge in [-0.15, -0.1) is 0 Å². The van der Waals surface area contributed by atoms with Crippen molar-refractivity contribution in [2.75, 3.05) is 26.3 Å². The van der Waals surface area contributed by atoms with Gasteiger partial charge in [-0.05, 0) is 36.1 Å². The van der Waals surface area contributed by atoms with Crippen LogP contribution in [0, 0.1) is 6.92 Å². The van der Waals surface area contributed by atoms with Crippen molar-refractivity contribution in [2.24, 2.45) is 0 Å². The quantitative estimate of drug-likeness (QED) is 0.757. The number of aromatic nitrogens is 2. The molecule has 2 aliphatic heterocycles. The summed E-state index contributed by atoms with van der Waals surface area (Å²) in [5.74, 6) is 1.05. The number of hydrogen-bond acceptors (Lipinski definition) is 4. The first kappa shape index (κ1) is 17.9. The van der Waals surface area contributed by atoms with E-state index in [-0.39, 0.29) is 12.7 Å². The van der Waals surface area contributed by atoms with Gasteiger partial charge in [0.2, 0.25) is 0 Å². The Balaban J connectivity index is 1.46. The maximum absolute atomic E-state index is 9.22. The van der Waals surface area contributed by atoms with Crippen molar-refractivity contribution in [3.8, 4) is 11.4 Å². The first-order valence-electron chi connectivity index (χ1n) is 10.2. The molecule has 0 radical (unpaired) electrons. The molecule has 5 heteroatoms. The van der Waals surface area contributed by atoms with Crippen molar-refractivity contribution >= 4 is 10.8 Å². The van der Waals surface area contributed by atoms with E-state index in [1.807, 2.05) is 6.20 Å². The second-order valence-electron chi connectivity index (χ2n) is 8.10. The van der Waals surface area contributed by atoms with Crippen molar-refractivity contribution in [3.05, 3.63) is 54.4 Å². The van der Waals surface area contributed by atoms with Crippen molar-refractivity contribution < 1.29 is 9.84 Å². The number of rotatable bonds is 4. The van der Waals surface area contributed by atoms with E-state index in [4.69, 9.17) is 9.72 Å². The summed E-state index contributed by atoms with van der Waals surface area (Å²) in [6.45, 7) is 5.05. The lowest BCUT2D eigenvalue weighted by molar-refractivity contribution is -0.0567. The molecule has 146 valence electrons. The molecule has 0 spiro atoms. The number of nitrogens with zero attached hydrogens (tertiary/aromatic N) is 3. The maximum atomic E-state index is 9.22. The predicted octanol–water partition coefficient (Wildman–Crippen LogP) is 3.41. The van der Waals surface area contributed by atoms with Crippen molar-refractivity contribution in [1.82, 2.24) is 14.5 Å². The Bertz CT molecular complexity index is 983. The fourth-order valence-corrected chi connectivity index (χ4v) is 4.91. The zero-order chi connectivity index (χ0) is 19.1. The molecule has 2 saturated heterocycles. The molecule has 0 aliphatic carbocycles. The van der Waals surface area contributed by atoms with Gasteiger partial charge in [0, 0.05) is 49.7 Å². The summed E-state index contributed by atoms with van der Waals surface area (Å²) >= 11 is 0. The highest BCUT2D eigenvalue weighted by atomic mass is 16.5. The number of hydrogen-bond donors (Lipinski definition) is 1. The molecule has 3 aromatic rings. The molecule has 2 aromatic carbocycles. The molecule has 5 rings (SSSR count). The van der Waals surface area contributed by atoms with E-state index in [0.29, 0.717) is 12.1 Å². The van der Waals surface area contributed by atoms with Crippen LogP contribution < -0.4 is 0 Å². The SMILES string of the molecule is Cc1cccc2c(-c3nccn3[C@H]3C[C@H]4CO[C@@H](CCO)CN4C3)cccc12. The zero-order valence-corrected chi connectivity index (χ0v) is 16.3. The minimum atomic E-state index is 0.156. The fourth-order valence-electron chi connectivity index (χ4n) is 4.91. The van der Waals surface area contributed by atoms with Gasteiger partial charge in [0.25, 0.3) is 0 Å². The number of aliphatic hydroxyl groups excluding tert-OH is 1. The summed E-state index contributed by atoms with van der Waals surface area (Å²) in [5, 5.41) is 11.8. The minimum absolute atomic E-state index is 0.156. The molecule has 3 heterocycles. The standard InChI is InChI=1S/C23H27N3O2/c1-16-4-2-6-21-20(16)5-3-7-22(21)23-24-9-10-26(23)17-12-18-15-28-19(8-11-27)14-25(18)13-17/h2-7,9-10,17-19,27H,8,11-15H2,1H3/t17-,18-,19-/m0/s1. The summed E-state index contributed by atoms with van der Waals surface area (Å²) in [6.07, 6.45) is 6.01. The van der Waals surface area contributed by atoms with Gasteiger partial charge in [-0.1, -0.05) is 36.4 Å². The van der Waals surface area contributed by atoms with Crippen molar-refractivity contribution in [2.45, 2.75) is 38.0 Å². The minimum Gasteiger partial charge on any atom is -0.396 e. The molecule has 0 bridgehead atoms. The molecule has 1 aromatic heterocycles. The number of morpholine rings is 1. The molecular weight excluding hydrogens is 350 g/mol. The molecule has 0 saturated carbocycles. The second-order valence-corrected chi connectivity index (χ2v) is 8.10. The number of imidazole rings is 1. The smallest absolute Gasteiger partial charge is 0.140 e. The Morgan fingerprint density at radius 3 is 2.86 bits per heavy atom. The molecule has 28 heavy (non-hydrogen) atoms. The summed E-state index contributed by atoms with van der Waals surface area (Å²) in [6, 6.07) is 13.9. The van der Waals surface area contributed by atoms with Crippen LogP contribution in [0.3, 0.4) is 0 Å². The fraction of sp³-hybridized carbons (Fsp3) is 0.435. The topological polar surface area (TPSA) is 50.5 Å². The van der Waals surface area contributed by atoms with Crippen molar-refractivity contribution in [1.29, 1.82) is 0 Å². The third kappa shape index (κ3) is 3.04. The molecule has 1 N–H and O–H groups in total. The molecule has 2 aliphatic rings. The van der Waals surface area contributed by atoms with Crippen LogP contribution in [0.1, 0.15) is 24.4 Å². The lowest BCUT2D eigenvalue weighted by Crippen LogP contribution is -2.46. The highest BCUT2D eigenvalue weighted by Crippen LogP contribution is 2.36. The van der Waals surface area contributed by atoms with Gasteiger partial charge in [-0.2, -0.15) is 0 Å². The Hall–Kier alpha value is -2.21. The van der Waals surface area contributed by atoms with Crippen LogP contribution in [0.4, 0.5) is 0 Å². The first-order chi connectivity index (χ1) is 13.7. The van der Waals surface area contributed by atoms with E-state index in [9.17, 15) is 5.11 Å². The van der Waals surface area contributed by atoms with Crippen LogP contribution in [-0.2, 0) is 4.74 Å². The molecule has 5 nitrogen and oxygen atoms in total. The zero-order valence-electron chi connectivity index (χ0n) is 16.3. The normalized spacial score (nSPS) is 25.3. The largest absolute Gasteiger partial charge is 0.396 e. The van der Waals surface area contributed by atoms with E-state index in [0.717, 1.165) is 38.4 Å². The third-order valence-corrected chi connectivity index (χ3v) is 6.36. The highest BCUT2D eigenvalue weighted by molar-refractivity contribution is 5.97. The van der Waals surface area contributed by atoms with Crippen LogP contribution in [0.15, 0.2) is 48.8 Å². The van der Waals surface area contributed by atoms with Gasteiger partial charge in [0.05, 0.1) is 12.7 Å². The van der Waals surface area contributed by atoms with Gasteiger partial charge < -0.3 is 14.4 Å². The van der Waals surface area contributed by atoms with E-state index in [2.05, 4.69) is 59.0 Å². The highest BCUT2D eigenvalue weighted by Gasteiger charge is 2.38. The number of aliphatic hydroxyl groups is 1. The first-order valence-corrected chi connectivity index (χ1v) is 10.2. The Kier molecular flexibility index (Phi) is 4.67. The Labute approximate surface area is 165 Å². The van der Waals surface area contributed by atoms with Crippen LogP contribution in [0.5, 0.6) is 0 Å². The van der Waals surface area contributed by atoms with Crippen LogP contribution in [-0.4, -0.2) is 58.0 Å². The lowest BCUT2D eigenvalue weighted by Gasteiger charge is -2.34. The predicted molar refractivity (Wildman–Crippen MR) is 110 cm³/mol. The van der Waals surface area contributed by atoms with E-state index in [1.165, 1.54) is 21.9 Å². The second kappa shape index (κ2) is 7.32. The summed E-state index contributed by atoms with van der Waals surface area (Å²) < 4.78 is 8.31. The average molecular weight is 377 g/mol. The molecule has 2 fully saturated rings. The monoisotopic (exact) mass is 377 g/mol. The summed E-state index contributed by atoms with van der Waals surface area (Å²) in [4.78, 5) is 7.29. The summed E-state index contributed by atoms with van der Waals surface area (Å²) in [7, 11) is 0.